The Bertz CT molecular complexity index is 870. The number of piperidine rings is 1. The molecule has 1 aliphatic heterocycles. The van der Waals surface area contributed by atoms with Crippen LogP contribution in [0.3, 0.4) is 0 Å². The summed E-state index contributed by atoms with van der Waals surface area (Å²) in [5, 5.41) is 4.04. The standard InChI is InChI=1S/C19H17F3N2/c20-12-3-1-11(2-4-12)19-18(15-10-23-8-7-16(15)22)14-6-5-13(21)9-17(14)24-19/h1-6,9,15-16,23-24H,7-8,10H2/t15-,16-/m1/s1. The smallest absolute Gasteiger partial charge is 0.125 e. The first-order valence-corrected chi connectivity index (χ1v) is 8.05. The molecule has 2 heterocycles. The number of hydrogen-bond donors (Lipinski definition) is 2. The van der Waals surface area contributed by atoms with E-state index in [2.05, 4.69) is 10.3 Å². The molecule has 2 nitrogen and oxygen atoms in total. The Morgan fingerprint density at radius 1 is 0.958 bits per heavy atom. The number of benzene rings is 2. The van der Waals surface area contributed by atoms with Crippen molar-refractivity contribution in [3.63, 3.8) is 0 Å². The molecule has 0 amide bonds. The van der Waals surface area contributed by atoms with Crippen LogP contribution in [0.2, 0.25) is 0 Å². The van der Waals surface area contributed by atoms with Gasteiger partial charge in [-0.15, -0.1) is 0 Å². The monoisotopic (exact) mass is 330 g/mol. The number of alkyl halides is 1. The summed E-state index contributed by atoms with van der Waals surface area (Å²) in [6, 6.07) is 10.5. The van der Waals surface area contributed by atoms with Gasteiger partial charge in [0, 0.05) is 23.4 Å². The highest BCUT2D eigenvalue weighted by molar-refractivity contribution is 5.91. The minimum Gasteiger partial charge on any atom is -0.354 e. The van der Waals surface area contributed by atoms with Crippen LogP contribution in [0.15, 0.2) is 42.5 Å². The van der Waals surface area contributed by atoms with Gasteiger partial charge in [0.05, 0.1) is 5.69 Å². The third-order valence-electron chi connectivity index (χ3n) is 4.70. The lowest BCUT2D eigenvalue weighted by atomic mass is 9.86. The van der Waals surface area contributed by atoms with Crippen LogP contribution in [0.5, 0.6) is 0 Å². The maximum Gasteiger partial charge on any atom is 0.125 e. The van der Waals surface area contributed by atoms with Gasteiger partial charge < -0.3 is 10.3 Å². The predicted molar refractivity (Wildman–Crippen MR) is 88.8 cm³/mol. The van der Waals surface area contributed by atoms with Crippen LogP contribution in [-0.2, 0) is 0 Å². The molecule has 5 heteroatoms. The molecule has 1 aromatic heterocycles. The Kier molecular flexibility index (Phi) is 3.81. The van der Waals surface area contributed by atoms with E-state index in [0.717, 1.165) is 22.2 Å². The highest BCUT2D eigenvalue weighted by atomic mass is 19.1. The fourth-order valence-electron chi connectivity index (χ4n) is 3.53. The molecule has 0 bridgehead atoms. The molecule has 0 saturated carbocycles. The summed E-state index contributed by atoms with van der Waals surface area (Å²) in [6.45, 7) is 1.18. The van der Waals surface area contributed by atoms with Gasteiger partial charge in [-0.25, -0.2) is 13.2 Å². The highest BCUT2D eigenvalue weighted by Crippen LogP contribution is 2.39. The van der Waals surface area contributed by atoms with Crippen LogP contribution in [0.4, 0.5) is 13.2 Å². The molecule has 24 heavy (non-hydrogen) atoms. The van der Waals surface area contributed by atoms with E-state index in [4.69, 9.17) is 0 Å². The maximum atomic E-state index is 14.6. The molecule has 124 valence electrons. The lowest BCUT2D eigenvalue weighted by molar-refractivity contribution is 0.229. The number of halogens is 3. The zero-order valence-corrected chi connectivity index (χ0v) is 13.0. The van der Waals surface area contributed by atoms with Gasteiger partial charge >= 0.3 is 0 Å². The SMILES string of the molecule is Fc1ccc(-c2[nH]c3cc(F)ccc3c2[C@@H]2CNCC[C@H]2F)cc1. The van der Waals surface area contributed by atoms with Crippen LogP contribution >= 0.6 is 0 Å². The average Bonchev–Trinajstić information content (AvgIpc) is 2.94. The molecule has 0 spiro atoms. The largest absolute Gasteiger partial charge is 0.354 e. The zero-order valence-electron chi connectivity index (χ0n) is 13.0. The maximum absolute atomic E-state index is 14.6. The van der Waals surface area contributed by atoms with Crippen LogP contribution in [0.25, 0.3) is 22.2 Å². The minimum absolute atomic E-state index is 0.321. The molecule has 0 unspecified atom stereocenters. The molecule has 1 saturated heterocycles. The van der Waals surface area contributed by atoms with Crippen LogP contribution < -0.4 is 5.32 Å². The molecular formula is C19H17F3N2. The molecule has 1 aliphatic rings. The number of aromatic amines is 1. The van der Waals surface area contributed by atoms with Crippen molar-refractivity contribution in [3.8, 4) is 11.3 Å². The molecule has 0 aliphatic carbocycles. The normalized spacial score (nSPS) is 21.3. The summed E-state index contributed by atoms with van der Waals surface area (Å²) in [4.78, 5) is 3.20. The molecule has 2 atom stereocenters. The zero-order chi connectivity index (χ0) is 16.7. The Morgan fingerprint density at radius 2 is 1.71 bits per heavy atom. The first kappa shape index (κ1) is 15.3. The second-order valence-corrected chi connectivity index (χ2v) is 6.23. The van der Waals surface area contributed by atoms with E-state index in [1.165, 1.54) is 24.3 Å². The Morgan fingerprint density at radius 3 is 2.46 bits per heavy atom. The number of rotatable bonds is 2. The molecule has 1 fully saturated rings. The summed E-state index contributed by atoms with van der Waals surface area (Å²) < 4.78 is 41.4. The van der Waals surface area contributed by atoms with E-state index < -0.39 is 6.17 Å². The van der Waals surface area contributed by atoms with E-state index in [0.29, 0.717) is 25.0 Å². The van der Waals surface area contributed by atoms with Crippen LogP contribution in [0, 0.1) is 11.6 Å². The fraction of sp³-hybridized carbons (Fsp3) is 0.263. The van der Waals surface area contributed by atoms with Crippen molar-refractivity contribution in [1.29, 1.82) is 0 Å². The van der Waals surface area contributed by atoms with Crippen LogP contribution in [-0.4, -0.2) is 24.2 Å². The van der Waals surface area contributed by atoms with Crippen molar-refractivity contribution in [3.05, 3.63) is 59.7 Å². The van der Waals surface area contributed by atoms with Crippen molar-refractivity contribution in [2.24, 2.45) is 0 Å². The van der Waals surface area contributed by atoms with E-state index in [1.54, 1.807) is 18.2 Å². The van der Waals surface area contributed by atoms with Crippen LogP contribution in [0.1, 0.15) is 17.9 Å². The number of nitrogens with one attached hydrogen (secondary N) is 2. The average molecular weight is 330 g/mol. The van der Waals surface area contributed by atoms with Crippen molar-refractivity contribution < 1.29 is 13.2 Å². The molecule has 3 aromatic rings. The number of aromatic nitrogens is 1. The van der Waals surface area contributed by atoms with E-state index in [1.807, 2.05) is 0 Å². The molecule has 2 aromatic carbocycles. The fourth-order valence-corrected chi connectivity index (χ4v) is 3.53. The minimum atomic E-state index is -0.963. The first-order valence-electron chi connectivity index (χ1n) is 8.05. The summed E-state index contributed by atoms with van der Waals surface area (Å²) in [7, 11) is 0. The summed E-state index contributed by atoms with van der Waals surface area (Å²) in [5.74, 6) is -0.998. The molecule has 0 radical (unpaired) electrons. The van der Waals surface area contributed by atoms with Crippen molar-refractivity contribution in [2.45, 2.75) is 18.5 Å². The molecule has 4 rings (SSSR count). The second kappa shape index (κ2) is 5.98. The lowest BCUT2D eigenvalue weighted by Crippen LogP contribution is -2.36. The molecule has 2 N–H and O–H groups in total. The predicted octanol–water partition coefficient (Wildman–Crippen LogP) is 4.53. The third-order valence-corrected chi connectivity index (χ3v) is 4.70. The van der Waals surface area contributed by atoms with Crippen molar-refractivity contribution in [2.75, 3.05) is 13.1 Å². The third kappa shape index (κ3) is 2.59. The van der Waals surface area contributed by atoms with E-state index >= 15 is 0 Å². The van der Waals surface area contributed by atoms with Gasteiger partial charge in [-0.1, -0.05) is 0 Å². The van der Waals surface area contributed by atoms with Gasteiger partial charge in [0.15, 0.2) is 0 Å². The first-order chi connectivity index (χ1) is 11.6. The van der Waals surface area contributed by atoms with Crippen molar-refractivity contribution >= 4 is 10.9 Å². The number of H-pyrrole nitrogens is 1. The quantitative estimate of drug-likeness (QED) is 0.710. The van der Waals surface area contributed by atoms with Gasteiger partial charge in [-0.05, 0) is 66.6 Å². The van der Waals surface area contributed by atoms with E-state index in [9.17, 15) is 13.2 Å². The highest BCUT2D eigenvalue weighted by Gasteiger charge is 2.31. The summed E-state index contributed by atoms with van der Waals surface area (Å²) in [5.41, 5.74) is 2.95. The summed E-state index contributed by atoms with van der Waals surface area (Å²) >= 11 is 0. The Hall–Kier alpha value is -2.27. The topological polar surface area (TPSA) is 27.8 Å². The van der Waals surface area contributed by atoms with E-state index in [-0.39, 0.29) is 17.6 Å². The number of hydrogen-bond acceptors (Lipinski definition) is 1. The van der Waals surface area contributed by atoms with Gasteiger partial charge in [0.25, 0.3) is 0 Å². The Balaban J connectivity index is 1.94. The van der Waals surface area contributed by atoms with Gasteiger partial charge in [-0.3, -0.25) is 0 Å². The van der Waals surface area contributed by atoms with Gasteiger partial charge in [0.1, 0.15) is 17.8 Å². The molecular weight excluding hydrogens is 313 g/mol. The van der Waals surface area contributed by atoms with Gasteiger partial charge in [0.2, 0.25) is 0 Å². The Labute approximate surface area is 137 Å². The second-order valence-electron chi connectivity index (χ2n) is 6.23. The lowest BCUT2D eigenvalue weighted by Gasteiger charge is -2.27. The van der Waals surface area contributed by atoms with Crippen molar-refractivity contribution in [1.82, 2.24) is 10.3 Å². The number of fused-ring (bicyclic) bond motifs is 1. The summed E-state index contributed by atoms with van der Waals surface area (Å²) in [6.07, 6.45) is -0.518. The van der Waals surface area contributed by atoms with Gasteiger partial charge in [-0.2, -0.15) is 0 Å².